The Labute approximate surface area is 644 Å². The lowest BCUT2D eigenvalue weighted by atomic mass is 9.86. The average molecular weight is 1450 g/mol. The molecule has 0 saturated carbocycles. The van der Waals surface area contributed by atoms with Crippen molar-refractivity contribution in [3.63, 3.8) is 0 Å². The Kier molecular flexibility index (Phi) is 24.8. The fourth-order valence-corrected chi connectivity index (χ4v) is 13.8. The Bertz CT molecular complexity index is 5120. The van der Waals surface area contributed by atoms with E-state index in [9.17, 15) is 0 Å². The third kappa shape index (κ3) is 21.7. The smallest absolute Gasteiger partial charge is 0.134 e. The van der Waals surface area contributed by atoms with Crippen molar-refractivity contribution in [3.05, 3.63) is 286 Å². The number of para-hydroxylation sites is 4. The molecule has 107 heavy (non-hydrogen) atoms. The van der Waals surface area contributed by atoms with Crippen LogP contribution in [0.3, 0.4) is 0 Å². The molecule has 0 saturated heterocycles. The summed E-state index contributed by atoms with van der Waals surface area (Å²) in [5.74, 6) is 1.05. The quantitative estimate of drug-likeness (QED) is 0.103. The van der Waals surface area contributed by atoms with Gasteiger partial charge in [0.25, 0.3) is 0 Å². The van der Waals surface area contributed by atoms with E-state index in [1.165, 1.54) is 131 Å². The molecule has 0 spiro atoms. The fourth-order valence-electron chi connectivity index (χ4n) is 12.7. The van der Waals surface area contributed by atoms with Gasteiger partial charge >= 0.3 is 0 Å². The molecule has 0 radical (unpaired) electrons. The van der Waals surface area contributed by atoms with Gasteiger partial charge in [-0.15, -0.1) is 11.3 Å². The first-order chi connectivity index (χ1) is 49.8. The summed E-state index contributed by atoms with van der Waals surface area (Å²) in [4.78, 5) is 18.3. The summed E-state index contributed by atoms with van der Waals surface area (Å²) in [5, 5.41) is 10.5. The minimum atomic E-state index is 0.0962. The molecule has 8 heterocycles. The van der Waals surface area contributed by atoms with Crippen LogP contribution >= 0.6 is 11.3 Å². The highest BCUT2D eigenvalue weighted by Crippen LogP contribution is 2.36. The van der Waals surface area contributed by atoms with Gasteiger partial charge in [-0.2, -0.15) is 0 Å². The van der Waals surface area contributed by atoms with Gasteiger partial charge in [-0.05, 0) is 183 Å². The number of rotatable bonds is 0. The number of aryl methyl sites for hydroxylation is 3. The standard InChI is InChI=1S/3C13H17N.3C12H15N.C12H14O.C12H14S/c2*1-9-5-6-11-10(7-9)8-12(14-11)13(2,3)4;1-13(2,3)12-9-10-7-5-6-8-11(10)14(12)4;1-12(2,3)10-4-5-11-9(8-10)6-7-13-11;1-12(2,3)10-8-13-11-7-5-4-6-9(10)11;3*1-12(2,3)11-8-9-6-4-5-7-10(9)13-11/h2*5-8,14H,1-4H3;5-9H,1-4H3;3*4-8,13H,1-3H3;2*4-8H,1-3H3. The van der Waals surface area contributed by atoms with Gasteiger partial charge in [0.05, 0.1) is 0 Å². The highest BCUT2D eigenvalue weighted by Gasteiger charge is 2.23. The van der Waals surface area contributed by atoms with Crippen molar-refractivity contribution in [2.24, 2.45) is 7.05 Å². The van der Waals surface area contributed by atoms with Crippen LogP contribution < -0.4 is 0 Å². The van der Waals surface area contributed by atoms with Crippen LogP contribution in [0.25, 0.3) is 86.5 Å². The van der Waals surface area contributed by atoms with Gasteiger partial charge < -0.3 is 33.9 Å². The maximum atomic E-state index is 5.73. The van der Waals surface area contributed by atoms with Gasteiger partial charge in [0, 0.05) is 123 Å². The number of fused-ring (bicyclic) bond motifs is 8. The van der Waals surface area contributed by atoms with Crippen molar-refractivity contribution >= 4 is 97.8 Å². The number of nitrogens with zero attached hydrogens (tertiary/aromatic N) is 1. The lowest BCUT2D eigenvalue weighted by Crippen LogP contribution is -2.15. The molecule has 0 amide bonds. The lowest BCUT2D eigenvalue weighted by molar-refractivity contribution is 0.430. The number of aromatic amines is 5. The van der Waals surface area contributed by atoms with Gasteiger partial charge in [0.1, 0.15) is 11.3 Å². The van der Waals surface area contributed by atoms with Crippen LogP contribution in [0.1, 0.15) is 222 Å². The van der Waals surface area contributed by atoms with Gasteiger partial charge in [-0.25, -0.2) is 0 Å². The average Bonchev–Trinajstić information content (AvgIpc) is 1.68. The second-order valence-corrected chi connectivity index (χ2v) is 38.4. The molecule has 5 N–H and O–H groups in total. The van der Waals surface area contributed by atoms with Crippen LogP contribution in [0.2, 0.25) is 0 Å². The zero-order chi connectivity index (χ0) is 78.4. The molecule has 562 valence electrons. The minimum Gasteiger partial charge on any atom is -0.461 e. The molecular formula is C99H124N6OS. The van der Waals surface area contributed by atoms with E-state index in [-0.39, 0.29) is 43.3 Å². The van der Waals surface area contributed by atoms with E-state index in [1.807, 2.05) is 35.7 Å². The zero-order valence-corrected chi connectivity index (χ0v) is 70.5. The molecular weight excluding hydrogens is 1320 g/mol. The van der Waals surface area contributed by atoms with E-state index in [0.717, 1.165) is 11.3 Å². The van der Waals surface area contributed by atoms with Crippen molar-refractivity contribution < 1.29 is 4.42 Å². The Hall–Kier alpha value is -9.50. The molecule has 8 heteroatoms. The van der Waals surface area contributed by atoms with Gasteiger partial charge in [0.15, 0.2) is 0 Å². The van der Waals surface area contributed by atoms with E-state index in [4.69, 9.17) is 4.42 Å². The fraction of sp³-hybridized carbons (Fsp3) is 0.354. The molecule has 0 aliphatic rings. The number of aromatic nitrogens is 6. The van der Waals surface area contributed by atoms with Crippen molar-refractivity contribution in [2.45, 2.75) is 223 Å². The molecule has 7 nitrogen and oxygen atoms in total. The lowest BCUT2D eigenvalue weighted by Gasteiger charge is -2.19. The first-order valence-corrected chi connectivity index (χ1v) is 39.1. The van der Waals surface area contributed by atoms with Crippen LogP contribution in [-0.4, -0.2) is 29.5 Å². The molecule has 0 aliphatic carbocycles. The maximum absolute atomic E-state index is 5.73. The third-order valence-electron chi connectivity index (χ3n) is 19.4. The Balaban J connectivity index is 0.000000141. The molecule has 8 aromatic carbocycles. The summed E-state index contributed by atoms with van der Waals surface area (Å²) in [7, 11) is 2.14. The molecule has 16 rings (SSSR count). The van der Waals surface area contributed by atoms with Crippen LogP contribution in [-0.2, 0) is 50.4 Å². The SMILES string of the molecule is CC(C)(C)c1c[nH]c2ccccc12.CC(C)(C)c1cc2ccccc2[nH]1.CC(C)(C)c1cc2ccccc2o1.CC(C)(C)c1cc2ccccc2s1.CC(C)(C)c1ccc2[nH]ccc2c1.Cc1ccc2[nH]c(C(C)(C)C)cc2c1.Cc1ccc2[nH]c(C(C)(C)C)cc2c1.Cn1c(C(C)(C)C)cc2ccccc21. The van der Waals surface area contributed by atoms with E-state index in [1.54, 1.807) is 0 Å². The number of hydrogen-bond donors (Lipinski definition) is 5. The van der Waals surface area contributed by atoms with Gasteiger partial charge in [-0.3, -0.25) is 0 Å². The Morgan fingerprint density at radius 3 is 1.29 bits per heavy atom. The number of benzene rings is 8. The van der Waals surface area contributed by atoms with Crippen LogP contribution in [0.5, 0.6) is 0 Å². The number of thiophene rings is 1. The number of furan rings is 1. The second kappa shape index (κ2) is 32.5. The maximum Gasteiger partial charge on any atom is 0.134 e. The largest absolute Gasteiger partial charge is 0.461 e. The summed E-state index contributed by atoms with van der Waals surface area (Å²) in [6, 6.07) is 77.2. The molecule has 0 bridgehead atoms. The van der Waals surface area contributed by atoms with Crippen molar-refractivity contribution in [1.29, 1.82) is 0 Å². The van der Waals surface area contributed by atoms with Crippen molar-refractivity contribution in [1.82, 2.24) is 29.5 Å². The Morgan fingerprint density at radius 2 is 0.794 bits per heavy atom. The molecule has 0 fully saturated rings. The molecule has 16 aromatic rings. The summed E-state index contributed by atoms with van der Waals surface area (Å²) in [6.45, 7) is 57.7. The summed E-state index contributed by atoms with van der Waals surface area (Å²) < 4.78 is 9.42. The first kappa shape index (κ1) is 81.6. The molecule has 8 aromatic heterocycles. The summed E-state index contributed by atoms with van der Waals surface area (Å²) in [5.41, 5.74) is 20.8. The normalized spacial score (nSPS) is 12.3. The van der Waals surface area contributed by atoms with E-state index >= 15 is 0 Å². The predicted octanol–water partition coefficient (Wildman–Crippen LogP) is 29.3. The van der Waals surface area contributed by atoms with E-state index in [2.05, 4.69) is 423 Å². The van der Waals surface area contributed by atoms with Gasteiger partial charge in [0.2, 0.25) is 0 Å². The second-order valence-electron chi connectivity index (χ2n) is 37.3. The van der Waals surface area contributed by atoms with E-state index < -0.39 is 0 Å². The summed E-state index contributed by atoms with van der Waals surface area (Å²) >= 11 is 1.90. The van der Waals surface area contributed by atoms with Crippen molar-refractivity contribution in [2.75, 3.05) is 0 Å². The highest BCUT2D eigenvalue weighted by molar-refractivity contribution is 7.19. The number of H-pyrrole nitrogens is 5. The van der Waals surface area contributed by atoms with Crippen LogP contribution in [0.4, 0.5) is 0 Å². The zero-order valence-electron chi connectivity index (χ0n) is 69.7. The number of nitrogens with one attached hydrogen (secondary N) is 5. The van der Waals surface area contributed by atoms with Gasteiger partial charge in [-0.1, -0.05) is 286 Å². The van der Waals surface area contributed by atoms with Crippen LogP contribution in [0, 0.1) is 13.8 Å². The van der Waals surface area contributed by atoms with Crippen molar-refractivity contribution in [3.8, 4) is 0 Å². The Morgan fingerprint density at radius 1 is 0.327 bits per heavy atom. The topological polar surface area (TPSA) is 97.0 Å². The van der Waals surface area contributed by atoms with Crippen LogP contribution in [0.15, 0.2) is 235 Å². The monoisotopic (exact) mass is 1440 g/mol. The molecule has 0 unspecified atom stereocenters. The van der Waals surface area contributed by atoms with E-state index in [0.29, 0.717) is 0 Å². The summed E-state index contributed by atoms with van der Waals surface area (Å²) in [6.07, 6.45) is 4.10. The third-order valence-corrected chi connectivity index (χ3v) is 20.9. The molecule has 0 atom stereocenters. The predicted molar refractivity (Wildman–Crippen MR) is 472 cm³/mol. The molecule has 0 aliphatic heterocycles. The minimum absolute atomic E-state index is 0.0962. The number of hydrogen-bond acceptors (Lipinski definition) is 2. The first-order valence-electron chi connectivity index (χ1n) is 38.3. The highest BCUT2D eigenvalue weighted by atomic mass is 32.1.